The van der Waals surface area contributed by atoms with Crippen molar-refractivity contribution >= 4 is 34.0 Å². The van der Waals surface area contributed by atoms with Gasteiger partial charge in [0, 0.05) is 45.0 Å². The zero-order valence-electron chi connectivity index (χ0n) is 27.5. The van der Waals surface area contributed by atoms with Crippen LogP contribution in [0.3, 0.4) is 0 Å². The van der Waals surface area contributed by atoms with Gasteiger partial charge < -0.3 is 9.47 Å². The van der Waals surface area contributed by atoms with E-state index in [-0.39, 0.29) is 5.41 Å². The summed E-state index contributed by atoms with van der Waals surface area (Å²) in [5.74, 6) is 0.457. The van der Waals surface area contributed by atoms with E-state index >= 15 is 0 Å². The van der Waals surface area contributed by atoms with Gasteiger partial charge in [-0.2, -0.15) is 0 Å². The normalized spacial score (nSPS) is 15.4. The Balaban J connectivity index is 1.15. The highest BCUT2D eigenvalue weighted by Crippen LogP contribution is 2.52. The first-order valence-electron chi connectivity index (χ1n) is 16.9. The van der Waals surface area contributed by atoms with E-state index in [2.05, 4.69) is 176 Å². The Morgan fingerprint density at radius 1 is 0.708 bits per heavy atom. The number of fused-ring (bicyclic) bond motifs is 6. The lowest BCUT2D eigenvalue weighted by Crippen LogP contribution is -2.17. The molecule has 0 radical (unpaired) electrons. The van der Waals surface area contributed by atoms with Gasteiger partial charge in [-0.25, -0.2) is 0 Å². The van der Waals surface area contributed by atoms with Gasteiger partial charge in [0.05, 0.1) is 11.2 Å². The van der Waals surface area contributed by atoms with Crippen LogP contribution in [0.5, 0.6) is 0 Å². The highest BCUT2D eigenvalue weighted by Gasteiger charge is 2.37. The molecule has 1 heterocycles. The van der Waals surface area contributed by atoms with Crippen LogP contribution in [0, 0.1) is 12.1 Å². The van der Waals surface area contributed by atoms with Crippen LogP contribution in [0.15, 0.2) is 140 Å². The van der Waals surface area contributed by atoms with E-state index in [1.165, 1.54) is 61.2 Å². The molecular formula is C46H36N2. The summed E-state index contributed by atoms with van der Waals surface area (Å²) in [5.41, 5.74) is 16.0. The van der Waals surface area contributed by atoms with Gasteiger partial charge in [-0.05, 0) is 100 Å². The van der Waals surface area contributed by atoms with Crippen molar-refractivity contribution in [2.45, 2.75) is 38.5 Å². The SMILES string of the molecule is CC1CC=Cc2c1n(-c1ccc3c(c1)C(C)(C)c1cc(N(c4c#cccc4)c4ccc(-c5ccccc5)cc4)ccc1-3)c1ccccc21. The first kappa shape index (κ1) is 28.4. The van der Waals surface area contributed by atoms with E-state index in [1.807, 2.05) is 12.1 Å². The summed E-state index contributed by atoms with van der Waals surface area (Å²) in [6.45, 7) is 7.11. The molecule has 1 atom stereocenters. The Bertz CT molecular complexity index is 2340. The molecule has 2 aliphatic rings. The number of hydrogen-bond donors (Lipinski definition) is 0. The molecular weight excluding hydrogens is 581 g/mol. The summed E-state index contributed by atoms with van der Waals surface area (Å²) < 4.78 is 2.52. The van der Waals surface area contributed by atoms with Crippen LogP contribution in [0.4, 0.5) is 17.1 Å². The largest absolute Gasteiger partial charge is 0.313 e. The Labute approximate surface area is 283 Å². The van der Waals surface area contributed by atoms with Gasteiger partial charge in [-0.15, -0.1) is 0 Å². The lowest BCUT2D eigenvalue weighted by molar-refractivity contribution is 0.659. The summed E-state index contributed by atoms with van der Waals surface area (Å²) in [5, 5.41) is 1.33. The number of para-hydroxylation sites is 1. The average Bonchev–Trinajstić information content (AvgIpc) is 3.59. The highest BCUT2D eigenvalue weighted by molar-refractivity contribution is 5.94. The lowest BCUT2D eigenvalue weighted by atomic mass is 9.82. The maximum atomic E-state index is 3.38. The Morgan fingerprint density at radius 3 is 2.21 bits per heavy atom. The molecule has 0 fully saturated rings. The fraction of sp³-hybridized carbons (Fsp3) is 0.130. The molecule has 7 aromatic rings. The van der Waals surface area contributed by atoms with E-state index in [0.717, 1.165) is 23.5 Å². The summed E-state index contributed by atoms with van der Waals surface area (Å²) >= 11 is 0. The Hall–Kier alpha value is -5.78. The quantitative estimate of drug-likeness (QED) is 0.187. The first-order valence-corrected chi connectivity index (χ1v) is 16.9. The van der Waals surface area contributed by atoms with E-state index in [9.17, 15) is 0 Å². The van der Waals surface area contributed by atoms with E-state index in [4.69, 9.17) is 0 Å². The second-order valence-electron chi connectivity index (χ2n) is 13.7. The molecule has 0 saturated heterocycles. The van der Waals surface area contributed by atoms with Gasteiger partial charge in [-0.1, -0.05) is 118 Å². The molecule has 48 heavy (non-hydrogen) atoms. The van der Waals surface area contributed by atoms with Crippen molar-refractivity contribution in [3.8, 4) is 27.9 Å². The number of anilines is 3. The van der Waals surface area contributed by atoms with Crippen LogP contribution in [0.25, 0.3) is 44.9 Å². The van der Waals surface area contributed by atoms with Crippen molar-refractivity contribution < 1.29 is 0 Å². The third-order valence-corrected chi connectivity index (χ3v) is 10.5. The molecule has 1 aromatic heterocycles. The van der Waals surface area contributed by atoms with E-state index in [1.54, 1.807) is 0 Å². The van der Waals surface area contributed by atoms with Gasteiger partial charge in [0.1, 0.15) is 0 Å². The van der Waals surface area contributed by atoms with Gasteiger partial charge in [0.2, 0.25) is 0 Å². The monoisotopic (exact) mass is 616 g/mol. The molecule has 2 nitrogen and oxygen atoms in total. The number of benzene rings is 5. The predicted octanol–water partition coefficient (Wildman–Crippen LogP) is 12.2. The maximum Gasteiger partial charge on any atom is 0.0973 e. The Kier molecular flexibility index (Phi) is 6.46. The van der Waals surface area contributed by atoms with Crippen LogP contribution in [0.2, 0.25) is 0 Å². The minimum absolute atomic E-state index is 0.180. The zero-order chi connectivity index (χ0) is 32.4. The minimum Gasteiger partial charge on any atom is -0.313 e. The van der Waals surface area contributed by atoms with Crippen molar-refractivity contribution in [3.63, 3.8) is 0 Å². The molecule has 230 valence electrons. The summed E-state index contributed by atoms with van der Waals surface area (Å²) in [6, 6.07) is 54.9. The van der Waals surface area contributed by atoms with E-state index < -0.39 is 0 Å². The molecule has 0 amide bonds. The molecule has 2 aliphatic carbocycles. The van der Waals surface area contributed by atoms with Crippen molar-refractivity contribution in [1.29, 1.82) is 0 Å². The molecule has 1 unspecified atom stereocenters. The van der Waals surface area contributed by atoms with Crippen molar-refractivity contribution in [2.75, 3.05) is 4.90 Å². The minimum atomic E-state index is -0.180. The van der Waals surface area contributed by atoms with Crippen LogP contribution < -0.4 is 4.90 Å². The average molecular weight is 617 g/mol. The molecule has 2 heteroatoms. The molecule has 6 aromatic carbocycles. The highest BCUT2D eigenvalue weighted by atomic mass is 15.1. The van der Waals surface area contributed by atoms with Gasteiger partial charge in [-0.3, -0.25) is 0 Å². The number of hydrogen-bond acceptors (Lipinski definition) is 1. The molecule has 0 N–H and O–H groups in total. The standard InChI is InChI=1S/C46H36N2/c1-31-13-12-19-41-40-18-10-11-20-44(40)48(45(31)41)37-26-28-39-38-27-25-36(29-42(38)46(2,3)43(39)30-37)47(34-16-8-5-9-17-34)35-23-21-33(22-24-35)32-14-6-4-7-15-32/h4-8,10-12,14-16,18-31H,13H2,1-3H3. The second kappa shape index (κ2) is 10.9. The van der Waals surface area contributed by atoms with E-state index in [0.29, 0.717) is 5.92 Å². The van der Waals surface area contributed by atoms with Gasteiger partial charge >= 0.3 is 0 Å². The fourth-order valence-electron chi connectivity index (χ4n) is 8.05. The zero-order valence-corrected chi connectivity index (χ0v) is 27.5. The van der Waals surface area contributed by atoms with Crippen molar-refractivity contribution in [3.05, 3.63) is 174 Å². The molecule has 0 aliphatic heterocycles. The number of rotatable bonds is 5. The summed E-state index contributed by atoms with van der Waals surface area (Å²) in [6.07, 6.45) is 5.72. The Morgan fingerprint density at radius 2 is 1.42 bits per heavy atom. The van der Waals surface area contributed by atoms with Crippen LogP contribution >= 0.6 is 0 Å². The van der Waals surface area contributed by atoms with Crippen LogP contribution in [-0.4, -0.2) is 4.57 Å². The smallest absolute Gasteiger partial charge is 0.0973 e. The third kappa shape index (κ3) is 4.35. The van der Waals surface area contributed by atoms with Crippen LogP contribution in [-0.2, 0) is 5.41 Å². The van der Waals surface area contributed by atoms with Gasteiger partial charge in [0.15, 0.2) is 0 Å². The molecule has 0 bridgehead atoms. The first-order chi connectivity index (χ1) is 23.5. The number of allylic oxidation sites excluding steroid dienone is 1. The third-order valence-electron chi connectivity index (χ3n) is 10.5. The topological polar surface area (TPSA) is 8.17 Å². The molecule has 0 saturated carbocycles. The predicted molar refractivity (Wildman–Crippen MR) is 201 cm³/mol. The lowest BCUT2D eigenvalue weighted by Gasteiger charge is -2.27. The summed E-state index contributed by atoms with van der Waals surface area (Å²) in [4.78, 5) is 2.29. The van der Waals surface area contributed by atoms with Crippen molar-refractivity contribution in [1.82, 2.24) is 4.57 Å². The fourth-order valence-corrected chi connectivity index (χ4v) is 8.05. The van der Waals surface area contributed by atoms with Crippen LogP contribution in [0.1, 0.15) is 55.5 Å². The number of nitrogens with zero attached hydrogens (tertiary/aromatic N) is 2. The van der Waals surface area contributed by atoms with Crippen molar-refractivity contribution in [2.24, 2.45) is 0 Å². The van der Waals surface area contributed by atoms with Gasteiger partial charge in [0.25, 0.3) is 0 Å². The maximum absolute atomic E-state index is 3.38. The second-order valence-corrected chi connectivity index (χ2v) is 13.7. The molecule has 9 rings (SSSR count). The number of aromatic nitrogens is 1. The summed E-state index contributed by atoms with van der Waals surface area (Å²) in [7, 11) is 0. The molecule has 0 spiro atoms.